The second-order valence-corrected chi connectivity index (χ2v) is 6.08. The summed E-state index contributed by atoms with van der Waals surface area (Å²) in [5, 5.41) is 6.89. The smallest absolute Gasteiger partial charge is 0.270 e. The number of carbonyl (C=O) groups is 1. The van der Waals surface area contributed by atoms with Crippen LogP contribution in [0, 0.1) is 20.8 Å². The molecular weight excluding hydrogens is 324 g/mol. The van der Waals surface area contributed by atoms with Gasteiger partial charge in [0.2, 0.25) is 0 Å². The molecule has 2 aromatic rings. The van der Waals surface area contributed by atoms with Crippen molar-refractivity contribution in [3.8, 4) is 0 Å². The van der Waals surface area contributed by atoms with Crippen LogP contribution in [-0.4, -0.2) is 46.4 Å². The minimum atomic E-state index is -0.257. The summed E-state index contributed by atoms with van der Waals surface area (Å²) < 4.78 is 16.7. The highest BCUT2D eigenvalue weighted by Crippen LogP contribution is 2.18. The van der Waals surface area contributed by atoms with Crippen LogP contribution in [0.4, 0.5) is 0 Å². The lowest BCUT2D eigenvalue weighted by Gasteiger charge is -2.32. The number of hydrogen-bond donors (Lipinski definition) is 1. The van der Waals surface area contributed by atoms with E-state index in [9.17, 15) is 4.79 Å². The molecule has 1 aliphatic heterocycles. The zero-order valence-electron chi connectivity index (χ0n) is 14.6. The Bertz CT molecular complexity index is 726. The first-order valence-electron chi connectivity index (χ1n) is 8.26. The van der Waals surface area contributed by atoms with Crippen LogP contribution in [0.5, 0.6) is 0 Å². The number of amides is 1. The third-order valence-corrected chi connectivity index (χ3v) is 4.24. The third kappa shape index (κ3) is 4.21. The van der Waals surface area contributed by atoms with E-state index in [4.69, 9.17) is 14.0 Å². The summed E-state index contributed by atoms with van der Waals surface area (Å²) in [5.74, 6) is 1.05. The number of rotatable bonds is 5. The van der Waals surface area contributed by atoms with Gasteiger partial charge in [-0.05, 0) is 33.3 Å². The predicted octanol–water partition coefficient (Wildman–Crippen LogP) is 1.49. The summed E-state index contributed by atoms with van der Waals surface area (Å²) in [4.78, 5) is 20.6. The van der Waals surface area contributed by atoms with Crippen molar-refractivity contribution in [3.05, 3.63) is 40.8 Å². The summed E-state index contributed by atoms with van der Waals surface area (Å²) in [6, 6.07) is 1.35. The number of aryl methyl sites for hydroxylation is 3. The minimum Gasteiger partial charge on any atom is -0.379 e. The van der Waals surface area contributed by atoms with Gasteiger partial charge in [0.25, 0.3) is 5.91 Å². The van der Waals surface area contributed by atoms with E-state index in [1.54, 1.807) is 19.2 Å². The lowest BCUT2D eigenvalue weighted by atomic mass is 10.1. The van der Waals surface area contributed by atoms with Crippen LogP contribution in [0.2, 0.25) is 0 Å². The van der Waals surface area contributed by atoms with Crippen LogP contribution in [0.15, 0.2) is 16.8 Å². The molecule has 134 valence electrons. The van der Waals surface area contributed by atoms with Crippen molar-refractivity contribution in [1.29, 1.82) is 0 Å². The highest BCUT2D eigenvalue weighted by molar-refractivity contribution is 5.92. The Morgan fingerprint density at radius 1 is 1.40 bits per heavy atom. The van der Waals surface area contributed by atoms with Gasteiger partial charge in [-0.1, -0.05) is 5.16 Å². The van der Waals surface area contributed by atoms with E-state index in [0.29, 0.717) is 37.8 Å². The van der Waals surface area contributed by atoms with Crippen molar-refractivity contribution < 1.29 is 18.8 Å². The number of nitrogens with zero attached hydrogens (tertiary/aromatic N) is 3. The van der Waals surface area contributed by atoms with Crippen molar-refractivity contribution in [2.75, 3.05) is 13.2 Å². The molecule has 0 unspecified atom stereocenters. The van der Waals surface area contributed by atoms with E-state index in [0.717, 1.165) is 17.0 Å². The Morgan fingerprint density at radius 2 is 2.24 bits per heavy atom. The minimum absolute atomic E-state index is 0.144. The Balaban J connectivity index is 1.63. The molecule has 8 heteroatoms. The summed E-state index contributed by atoms with van der Waals surface area (Å²) in [6.07, 6.45) is 2.13. The highest BCUT2D eigenvalue weighted by Gasteiger charge is 2.29. The number of hydrogen-bond acceptors (Lipinski definition) is 7. The fourth-order valence-corrected chi connectivity index (χ4v) is 2.78. The van der Waals surface area contributed by atoms with Gasteiger partial charge in [0.05, 0.1) is 31.1 Å². The fourth-order valence-electron chi connectivity index (χ4n) is 2.78. The molecule has 3 rings (SSSR count). The van der Waals surface area contributed by atoms with Crippen LogP contribution in [0.1, 0.15) is 39.8 Å². The molecule has 25 heavy (non-hydrogen) atoms. The molecule has 2 aromatic heterocycles. The SMILES string of the molecule is Cc1nccc(C(=O)N[C@@H]2COCC[C@@H]2OCc2c(C)noc2C)n1. The summed E-state index contributed by atoms with van der Waals surface area (Å²) >= 11 is 0. The van der Waals surface area contributed by atoms with E-state index >= 15 is 0 Å². The average molecular weight is 346 g/mol. The molecule has 1 fully saturated rings. The van der Waals surface area contributed by atoms with Crippen LogP contribution in [0.3, 0.4) is 0 Å². The number of nitrogens with one attached hydrogen (secondary N) is 1. The average Bonchev–Trinajstić information content (AvgIpc) is 2.92. The highest BCUT2D eigenvalue weighted by atomic mass is 16.5. The maximum atomic E-state index is 12.4. The molecule has 1 aliphatic rings. The monoisotopic (exact) mass is 346 g/mol. The maximum Gasteiger partial charge on any atom is 0.270 e. The van der Waals surface area contributed by atoms with Gasteiger partial charge in [-0.3, -0.25) is 4.79 Å². The molecule has 1 saturated heterocycles. The second-order valence-electron chi connectivity index (χ2n) is 6.08. The molecule has 0 bridgehead atoms. The zero-order chi connectivity index (χ0) is 17.8. The van der Waals surface area contributed by atoms with Crippen molar-refractivity contribution in [1.82, 2.24) is 20.4 Å². The third-order valence-electron chi connectivity index (χ3n) is 4.24. The molecule has 0 spiro atoms. The van der Waals surface area contributed by atoms with Gasteiger partial charge in [-0.15, -0.1) is 0 Å². The van der Waals surface area contributed by atoms with Gasteiger partial charge in [-0.25, -0.2) is 9.97 Å². The fraction of sp³-hybridized carbons (Fsp3) is 0.529. The standard InChI is InChI=1S/C17H22N4O4/c1-10-13(11(2)25-21-10)8-24-16-5-7-23-9-15(16)20-17(22)14-4-6-18-12(3)19-14/h4,6,15-16H,5,7-9H2,1-3H3,(H,20,22)/t15-,16+/m1/s1. The van der Waals surface area contributed by atoms with E-state index in [-0.39, 0.29) is 18.1 Å². The molecule has 2 atom stereocenters. The van der Waals surface area contributed by atoms with Gasteiger partial charge in [0.15, 0.2) is 0 Å². The van der Waals surface area contributed by atoms with Gasteiger partial charge < -0.3 is 19.3 Å². The van der Waals surface area contributed by atoms with E-state index in [2.05, 4.69) is 20.4 Å². The summed E-state index contributed by atoms with van der Waals surface area (Å²) in [5.41, 5.74) is 2.10. The Labute approximate surface area is 145 Å². The number of ether oxygens (including phenoxy) is 2. The quantitative estimate of drug-likeness (QED) is 0.875. The van der Waals surface area contributed by atoms with Crippen molar-refractivity contribution in [2.45, 2.75) is 45.9 Å². The largest absolute Gasteiger partial charge is 0.379 e. The van der Waals surface area contributed by atoms with Crippen LogP contribution in [0.25, 0.3) is 0 Å². The molecule has 8 nitrogen and oxygen atoms in total. The van der Waals surface area contributed by atoms with E-state index in [1.165, 1.54) is 0 Å². The van der Waals surface area contributed by atoms with Crippen LogP contribution >= 0.6 is 0 Å². The van der Waals surface area contributed by atoms with E-state index in [1.807, 2.05) is 13.8 Å². The van der Waals surface area contributed by atoms with Crippen molar-refractivity contribution in [2.24, 2.45) is 0 Å². The summed E-state index contributed by atoms with van der Waals surface area (Å²) in [6.45, 7) is 6.89. The first kappa shape index (κ1) is 17.5. The number of carbonyl (C=O) groups excluding carboxylic acids is 1. The molecule has 0 aliphatic carbocycles. The molecule has 0 radical (unpaired) electrons. The lowest BCUT2D eigenvalue weighted by Crippen LogP contribution is -2.50. The first-order valence-corrected chi connectivity index (χ1v) is 8.26. The van der Waals surface area contributed by atoms with E-state index < -0.39 is 0 Å². The molecule has 0 saturated carbocycles. The normalized spacial score (nSPS) is 20.4. The lowest BCUT2D eigenvalue weighted by molar-refractivity contribution is -0.0608. The predicted molar refractivity (Wildman–Crippen MR) is 88.0 cm³/mol. The molecule has 1 N–H and O–H groups in total. The second kappa shape index (κ2) is 7.71. The van der Waals surface area contributed by atoms with Gasteiger partial charge in [0, 0.05) is 18.4 Å². The molecule has 1 amide bonds. The molecular formula is C17H22N4O4. The Kier molecular flexibility index (Phi) is 5.40. The first-order chi connectivity index (χ1) is 12.0. The zero-order valence-corrected chi connectivity index (χ0v) is 14.6. The maximum absolute atomic E-state index is 12.4. The Morgan fingerprint density at radius 3 is 2.96 bits per heavy atom. The van der Waals surface area contributed by atoms with Gasteiger partial charge in [0.1, 0.15) is 17.3 Å². The molecule has 3 heterocycles. The van der Waals surface area contributed by atoms with Gasteiger partial charge in [-0.2, -0.15) is 0 Å². The van der Waals surface area contributed by atoms with Crippen LogP contribution in [-0.2, 0) is 16.1 Å². The Hall–Kier alpha value is -2.32. The van der Waals surface area contributed by atoms with Gasteiger partial charge >= 0.3 is 0 Å². The van der Waals surface area contributed by atoms with Crippen molar-refractivity contribution in [3.63, 3.8) is 0 Å². The van der Waals surface area contributed by atoms with Crippen LogP contribution < -0.4 is 5.32 Å². The topological polar surface area (TPSA) is 99.4 Å². The molecule has 0 aromatic carbocycles. The number of aromatic nitrogens is 3. The van der Waals surface area contributed by atoms with Crippen molar-refractivity contribution >= 4 is 5.91 Å². The summed E-state index contributed by atoms with van der Waals surface area (Å²) in [7, 11) is 0.